The van der Waals surface area contributed by atoms with E-state index in [4.69, 9.17) is 9.84 Å². The summed E-state index contributed by atoms with van der Waals surface area (Å²) >= 11 is 0. The fourth-order valence-electron chi connectivity index (χ4n) is 2.73. The Balaban J connectivity index is 1.54. The van der Waals surface area contributed by atoms with Crippen LogP contribution in [0.15, 0.2) is 42.5 Å². The van der Waals surface area contributed by atoms with E-state index < -0.39 is 0 Å². The van der Waals surface area contributed by atoms with Crippen LogP contribution in [0.2, 0.25) is 0 Å². The van der Waals surface area contributed by atoms with Crippen molar-refractivity contribution in [3.63, 3.8) is 0 Å². The zero-order valence-electron chi connectivity index (χ0n) is 11.7. The lowest BCUT2D eigenvalue weighted by Gasteiger charge is -2.38. The molecule has 0 unspecified atom stereocenters. The predicted octanol–water partition coefficient (Wildman–Crippen LogP) is 2.42. The number of nitrogens with zero attached hydrogens (tertiary/aromatic N) is 1. The van der Waals surface area contributed by atoms with Crippen LogP contribution in [-0.2, 0) is 11.3 Å². The molecule has 0 atom stereocenters. The quantitative estimate of drug-likeness (QED) is 0.876. The Hall–Kier alpha value is -1.42. The van der Waals surface area contributed by atoms with Gasteiger partial charge in [-0.2, -0.15) is 0 Å². The van der Waals surface area contributed by atoms with Crippen molar-refractivity contribution < 1.29 is 9.84 Å². The highest BCUT2D eigenvalue weighted by molar-refractivity contribution is 5.85. The number of fused-ring (bicyclic) bond motifs is 1. The third-order valence-corrected chi connectivity index (χ3v) is 3.91. The molecule has 0 amide bonds. The molecule has 0 spiro atoms. The minimum Gasteiger partial charge on any atom is -0.396 e. The molecule has 106 valence electrons. The molecule has 1 aliphatic heterocycles. The summed E-state index contributed by atoms with van der Waals surface area (Å²) in [4.78, 5) is 2.32. The van der Waals surface area contributed by atoms with Crippen LogP contribution in [0, 0.1) is 0 Å². The molecular formula is C17H21NO2. The molecule has 1 aliphatic rings. The van der Waals surface area contributed by atoms with E-state index >= 15 is 0 Å². The average Bonchev–Trinajstić information content (AvgIpc) is 2.45. The van der Waals surface area contributed by atoms with Gasteiger partial charge < -0.3 is 9.84 Å². The molecule has 0 radical (unpaired) electrons. The molecule has 3 rings (SSSR count). The summed E-state index contributed by atoms with van der Waals surface area (Å²) in [6, 6.07) is 14.8. The monoisotopic (exact) mass is 271 g/mol. The van der Waals surface area contributed by atoms with Crippen molar-refractivity contribution in [1.82, 2.24) is 4.90 Å². The lowest BCUT2D eigenvalue weighted by atomic mass is 10.1. The Bertz CT molecular complexity index is 558. The van der Waals surface area contributed by atoms with E-state index in [2.05, 4.69) is 47.4 Å². The maximum absolute atomic E-state index is 8.80. The Kier molecular flexibility index (Phi) is 4.31. The van der Waals surface area contributed by atoms with Crippen LogP contribution in [0.4, 0.5) is 0 Å². The summed E-state index contributed by atoms with van der Waals surface area (Å²) in [5, 5.41) is 11.3. The smallest absolute Gasteiger partial charge is 0.0833 e. The van der Waals surface area contributed by atoms with Crippen molar-refractivity contribution in [1.29, 1.82) is 0 Å². The highest BCUT2D eigenvalue weighted by atomic mass is 16.5. The van der Waals surface area contributed by atoms with Crippen molar-refractivity contribution in [2.75, 3.05) is 26.2 Å². The molecule has 1 saturated heterocycles. The van der Waals surface area contributed by atoms with Crippen molar-refractivity contribution in [2.24, 2.45) is 0 Å². The number of hydrogen-bond donors (Lipinski definition) is 1. The SMILES string of the molecule is OCCCN1CC(OCc2cccc3ccccc23)C1. The van der Waals surface area contributed by atoms with Gasteiger partial charge >= 0.3 is 0 Å². The Morgan fingerprint density at radius 3 is 2.75 bits per heavy atom. The van der Waals surface area contributed by atoms with E-state index in [9.17, 15) is 0 Å². The first-order valence-corrected chi connectivity index (χ1v) is 7.28. The minimum absolute atomic E-state index is 0.276. The molecule has 2 aromatic carbocycles. The van der Waals surface area contributed by atoms with E-state index in [-0.39, 0.29) is 6.61 Å². The molecular weight excluding hydrogens is 250 g/mol. The zero-order valence-corrected chi connectivity index (χ0v) is 11.7. The van der Waals surface area contributed by atoms with Crippen LogP contribution in [-0.4, -0.2) is 42.4 Å². The zero-order chi connectivity index (χ0) is 13.8. The second kappa shape index (κ2) is 6.35. The van der Waals surface area contributed by atoms with Crippen LogP contribution in [0.1, 0.15) is 12.0 Å². The third-order valence-electron chi connectivity index (χ3n) is 3.91. The number of hydrogen-bond acceptors (Lipinski definition) is 3. The molecule has 2 aromatic rings. The van der Waals surface area contributed by atoms with Crippen LogP contribution in [0.3, 0.4) is 0 Å². The fraction of sp³-hybridized carbons (Fsp3) is 0.412. The van der Waals surface area contributed by atoms with E-state index in [1.165, 1.54) is 16.3 Å². The lowest BCUT2D eigenvalue weighted by Crippen LogP contribution is -2.52. The summed E-state index contributed by atoms with van der Waals surface area (Å²) in [7, 11) is 0. The second-order valence-electron chi connectivity index (χ2n) is 5.41. The topological polar surface area (TPSA) is 32.7 Å². The number of ether oxygens (including phenoxy) is 1. The molecule has 0 aliphatic carbocycles. The van der Waals surface area contributed by atoms with E-state index in [0.29, 0.717) is 12.7 Å². The predicted molar refractivity (Wildman–Crippen MR) is 80.7 cm³/mol. The first-order chi connectivity index (χ1) is 9.86. The number of aliphatic hydroxyl groups is 1. The van der Waals surface area contributed by atoms with Gasteiger partial charge in [-0.25, -0.2) is 0 Å². The van der Waals surface area contributed by atoms with Crippen molar-refractivity contribution in [2.45, 2.75) is 19.1 Å². The molecule has 1 fully saturated rings. The van der Waals surface area contributed by atoms with Gasteiger partial charge in [0.15, 0.2) is 0 Å². The summed E-state index contributed by atoms with van der Waals surface area (Å²) in [5.74, 6) is 0. The molecule has 1 N–H and O–H groups in total. The van der Waals surface area contributed by atoms with Crippen molar-refractivity contribution >= 4 is 10.8 Å². The van der Waals surface area contributed by atoms with Gasteiger partial charge in [-0.1, -0.05) is 42.5 Å². The highest BCUT2D eigenvalue weighted by Crippen LogP contribution is 2.21. The van der Waals surface area contributed by atoms with Gasteiger partial charge in [0, 0.05) is 26.2 Å². The molecule has 0 aromatic heterocycles. The van der Waals surface area contributed by atoms with Crippen LogP contribution >= 0.6 is 0 Å². The molecule has 3 heteroatoms. The van der Waals surface area contributed by atoms with Crippen molar-refractivity contribution in [3.05, 3.63) is 48.0 Å². The highest BCUT2D eigenvalue weighted by Gasteiger charge is 2.26. The maximum atomic E-state index is 8.80. The van der Waals surface area contributed by atoms with Gasteiger partial charge in [0.25, 0.3) is 0 Å². The number of likely N-dealkylation sites (tertiary alicyclic amines) is 1. The summed E-state index contributed by atoms with van der Waals surface area (Å²) in [5.41, 5.74) is 1.26. The summed E-state index contributed by atoms with van der Waals surface area (Å²) in [6.45, 7) is 3.91. The van der Waals surface area contributed by atoms with Gasteiger partial charge in [0.2, 0.25) is 0 Å². The Morgan fingerprint density at radius 1 is 1.10 bits per heavy atom. The molecule has 1 heterocycles. The van der Waals surface area contributed by atoms with Gasteiger partial charge in [-0.05, 0) is 22.8 Å². The molecule has 0 bridgehead atoms. The minimum atomic E-state index is 0.276. The van der Waals surface area contributed by atoms with Crippen LogP contribution < -0.4 is 0 Å². The lowest BCUT2D eigenvalue weighted by molar-refractivity contribution is -0.0632. The number of benzene rings is 2. The Labute approximate surface area is 119 Å². The summed E-state index contributed by atoms with van der Waals surface area (Å²) in [6.07, 6.45) is 1.20. The fourth-order valence-corrected chi connectivity index (χ4v) is 2.73. The first-order valence-electron chi connectivity index (χ1n) is 7.28. The van der Waals surface area contributed by atoms with E-state index in [1.54, 1.807) is 0 Å². The number of aliphatic hydroxyl groups excluding tert-OH is 1. The average molecular weight is 271 g/mol. The normalized spacial score (nSPS) is 16.4. The van der Waals surface area contributed by atoms with E-state index in [0.717, 1.165) is 26.1 Å². The summed E-state index contributed by atoms with van der Waals surface area (Å²) < 4.78 is 5.98. The number of rotatable bonds is 6. The maximum Gasteiger partial charge on any atom is 0.0833 e. The molecule has 3 nitrogen and oxygen atoms in total. The van der Waals surface area contributed by atoms with E-state index in [1.807, 2.05) is 0 Å². The first kappa shape index (κ1) is 13.6. The van der Waals surface area contributed by atoms with Crippen LogP contribution in [0.5, 0.6) is 0 Å². The molecule has 0 saturated carbocycles. The molecule has 20 heavy (non-hydrogen) atoms. The van der Waals surface area contributed by atoms with Gasteiger partial charge in [-0.3, -0.25) is 4.90 Å². The van der Waals surface area contributed by atoms with Crippen LogP contribution in [0.25, 0.3) is 10.8 Å². The standard InChI is InChI=1S/C17H21NO2/c19-10-4-9-18-11-16(12-18)20-13-15-7-3-6-14-5-1-2-8-17(14)15/h1-3,5-8,16,19H,4,9-13H2. The second-order valence-corrected chi connectivity index (χ2v) is 5.41. The Morgan fingerprint density at radius 2 is 1.90 bits per heavy atom. The largest absolute Gasteiger partial charge is 0.396 e. The van der Waals surface area contributed by atoms with Gasteiger partial charge in [0.05, 0.1) is 12.7 Å². The van der Waals surface area contributed by atoms with Gasteiger partial charge in [-0.15, -0.1) is 0 Å². The van der Waals surface area contributed by atoms with Crippen molar-refractivity contribution in [3.8, 4) is 0 Å². The third kappa shape index (κ3) is 3.01. The van der Waals surface area contributed by atoms with Gasteiger partial charge in [0.1, 0.15) is 0 Å².